The Labute approximate surface area is 100 Å². The number of nitrogens with two attached hydrogens (primary N) is 1. The van der Waals surface area contributed by atoms with Crippen LogP contribution in [0.2, 0.25) is 0 Å². The Hall–Kier alpha value is -1.88. The Morgan fingerprint density at radius 3 is 2.82 bits per heavy atom. The van der Waals surface area contributed by atoms with Gasteiger partial charge in [0.25, 0.3) is 0 Å². The van der Waals surface area contributed by atoms with Gasteiger partial charge < -0.3 is 10.5 Å². The van der Waals surface area contributed by atoms with Crippen LogP contribution in [0, 0.1) is 0 Å². The molecule has 5 nitrogen and oxygen atoms in total. The van der Waals surface area contributed by atoms with Crippen molar-refractivity contribution in [2.24, 2.45) is 12.8 Å². The lowest BCUT2D eigenvalue weighted by atomic mass is 10.1. The van der Waals surface area contributed by atoms with Gasteiger partial charge in [-0.3, -0.25) is 9.67 Å². The third-order valence-electron chi connectivity index (χ3n) is 2.24. The second-order valence-electron chi connectivity index (χ2n) is 4.16. The molecule has 2 aromatic rings. The van der Waals surface area contributed by atoms with Crippen molar-refractivity contribution in [1.29, 1.82) is 0 Å². The predicted octanol–water partition coefficient (Wildman–Crippen LogP) is 1.50. The zero-order valence-corrected chi connectivity index (χ0v) is 10.00. The summed E-state index contributed by atoms with van der Waals surface area (Å²) in [4.78, 5) is 4.13. The van der Waals surface area contributed by atoms with Gasteiger partial charge in [0.1, 0.15) is 5.75 Å². The zero-order valence-electron chi connectivity index (χ0n) is 10.00. The maximum absolute atomic E-state index is 5.75. The van der Waals surface area contributed by atoms with Gasteiger partial charge >= 0.3 is 0 Å². The van der Waals surface area contributed by atoms with E-state index in [-0.39, 0.29) is 6.04 Å². The first kappa shape index (κ1) is 11.6. The van der Waals surface area contributed by atoms with Crippen molar-refractivity contribution < 1.29 is 4.74 Å². The molecular formula is C12H16N4O. The Morgan fingerprint density at radius 1 is 1.35 bits per heavy atom. The highest BCUT2D eigenvalue weighted by atomic mass is 16.5. The van der Waals surface area contributed by atoms with Gasteiger partial charge in [-0.2, -0.15) is 5.10 Å². The normalized spacial score (nSPS) is 12.4. The molecule has 2 N–H and O–H groups in total. The lowest BCUT2D eigenvalue weighted by Gasteiger charge is -2.07. The Balaban J connectivity index is 2.10. The molecule has 0 saturated carbocycles. The second-order valence-corrected chi connectivity index (χ2v) is 4.16. The van der Waals surface area contributed by atoms with Crippen LogP contribution in [0.1, 0.15) is 12.5 Å². The van der Waals surface area contributed by atoms with E-state index in [0.29, 0.717) is 11.5 Å². The Kier molecular flexibility index (Phi) is 3.39. The summed E-state index contributed by atoms with van der Waals surface area (Å²) in [6.45, 7) is 1.97. The average molecular weight is 232 g/mol. The SMILES string of the molecule is CC(N)Cc1cncc(Oc2cnn(C)c2)c1. The molecule has 0 aliphatic rings. The number of ether oxygens (including phenoxy) is 1. The van der Waals surface area contributed by atoms with Crippen LogP contribution in [-0.4, -0.2) is 20.8 Å². The van der Waals surface area contributed by atoms with Gasteiger partial charge in [0.15, 0.2) is 5.75 Å². The minimum absolute atomic E-state index is 0.116. The number of aromatic nitrogens is 3. The molecule has 0 spiro atoms. The number of hydrogen-bond donors (Lipinski definition) is 1. The molecule has 2 aromatic heterocycles. The van der Waals surface area contributed by atoms with Crippen LogP contribution < -0.4 is 10.5 Å². The highest BCUT2D eigenvalue weighted by Crippen LogP contribution is 2.20. The van der Waals surface area contributed by atoms with Crippen LogP contribution in [0.25, 0.3) is 0 Å². The number of hydrogen-bond acceptors (Lipinski definition) is 4. The van der Waals surface area contributed by atoms with Crippen molar-refractivity contribution in [3.05, 3.63) is 36.4 Å². The molecule has 0 radical (unpaired) electrons. The fourth-order valence-electron chi connectivity index (χ4n) is 1.59. The summed E-state index contributed by atoms with van der Waals surface area (Å²) >= 11 is 0. The van der Waals surface area contributed by atoms with E-state index in [0.717, 1.165) is 12.0 Å². The lowest BCUT2D eigenvalue weighted by Crippen LogP contribution is -2.17. The van der Waals surface area contributed by atoms with Crippen molar-refractivity contribution in [3.8, 4) is 11.5 Å². The Morgan fingerprint density at radius 2 is 2.18 bits per heavy atom. The topological polar surface area (TPSA) is 66.0 Å². The van der Waals surface area contributed by atoms with Crippen molar-refractivity contribution in [2.45, 2.75) is 19.4 Å². The number of pyridine rings is 1. The number of aryl methyl sites for hydroxylation is 1. The standard InChI is InChI=1S/C12H16N4O/c1-9(13)3-10-4-11(6-14-5-10)17-12-7-15-16(2)8-12/h4-9H,3,13H2,1-2H3. The maximum atomic E-state index is 5.75. The largest absolute Gasteiger partial charge is 0.452 e. The van der Waals surface area contributed by atoms with E-state index < -0.39 is 0 Å². The minimum Gasteiger partial charge on any atom is -0.452 e. The van der Waals surface area contributed by atoms with Gasteiger partial charge in [0, 0.05) is 19.3 Å². The fourth-order valence-corrected chi connectivity index (χ4v) is 1.59. The van der Waals surface area contributed by atoms with Crippen LogP contribution >= 0.6 is 0 Å². The molecule has 0 bridgehead atoms. The average Bonchev–Trinajstić information content (AvgIpc) is 2.63. The third kappa shape index (κ3) is 3.29. The molecule has 90 valence electrons. The molecule has 1 atom stereocenters. The molecule has 5 heteroatoms. The van der Waals surface area contributed by atoms with E-state index in [9.17, 15) is 0 Å². The smallest absolute Gasteiger partial charge is 0.165 e. The van der Waals surface area contributed by atoms with Gasteiger partial charge in [-0.15, -0.1) is 0 Å². The molecular weight excluding hydrogens is 216 g/mol. The molecule has 0 fully saturated rings. The molecule has 1 unspecified atom stereocenters. The van der Waals surface area contributed by atoms with Crippen molar-refractivity contribution >= 4 is 0 Å². The first-order chi connectivity index (χ1) is 8.13. The molecule has 0 saturated heterocycles. The summed E-state index contributed by atoms with van der Waals surface area (Å²) in [7, 11) is 1.84. The van der Waals surface area contributed by atoms with E-state index >= 15 is 0 Å². The monoisotopic (exact) mass is 232 g/mol. The van der Waals surface area contributed by atoms with Gasteiger partial charge in [-0.1, -0.05) is 0 Å². The first-order valence-electron chi connectivity index (χ1n) is 5.49. The number of nitrogens with zero attached hydrogens (tertiary/aromatic N) is 3. The van der Waals surface area contributed by atoms with E-state index in [1.54, 1.807) is 29.5 Å². The number of rotatable bonds is 4. The molecule has 0 aliphatic carbocycles. The summed E-state index contributed by atoms with van der Waals surface area (Å²) in [6, 6.07) is 2.06. The highest BCUT2D eigenvalue weighted by Gasteiger charge is 2.03. The Bertz CT molecular complexity index is 493. The van der Waals surface area contributed by atoms with Gasteiger partial charge in [-0.05, 0) is 25.0 Å². The predicted molar refractivity (Wildman–Crippen MR) is 64.9 cm³/mol. The van der Waals surface area contributed by atoms with E-state index in [1.165, 1.54) is 0 Å². The zero-order chi connectivity index (χ0) is 12.3. The highest BCUT2D eigenvalue weighted by molar-refractivity contribution is 5.29. The molecule has 2 rings (SSSR count). The molecule has 0 amide bonds. The van der Waals surface area contributed by atoms with Crippen LogP contribution in [-0.2, 0) is 13.5 Å². The van der Waals surface area contributed by atoms with Crippen LogP contribution in [0.15, 0.2) is 30.9 Å². The lowest BCUT2D eigenvalue weighted by molar-refractivity contribution is 0.478. The van der Waals surface area contributed by atoms with E-state index in [1.807, 2.05) is 20.0 Å². The molecule has 0 aromatic carbocycles. The van der Waals surface area contributed by atoms with Gasteiger partial charge in [0.05, 0.1) is 18.6 Å². The van der Waals surface area contributed by atoms with E-state index in [4.69, 9.17) is 10.5 Å². The summed E-state index contributed by atoms with van der Waals surface area (Å²) in [5.41, 5.74) is 6.82. The quantitative estimate of drug-likeness (QED) is 0.867. The van der Waals surface area contributed by atoms with E-state index in [2.05, 4.69) is 10.1 Å². The van der Waals surface area contributed by atoms with Gasteiger partial charge in [-0.25, -0.2) is 0 Å². The third-order valence-corrected chi connectivity index (χ3v) is 2.24. The van der Waals surface area contributed by atoms with Crippen molar-refractivity contribution in [3.63, 3.8) is 0 Å². The molecule has 17 heavy (non-hydrogen) atoms. The van der Waals surface area contributed by atoms with Gasteiger partial charge in [0.2, 0.25) is 0 Å². The van der Waals surface area contributed by atoms with Crippen LogP contribution in [0.3, 0.4) is 0 Å². The first-order valence-corrected chi connectivity index (χ1v) is 5.49. The summed E-state index contributed by atoms with van der Waals surface area (Å²) in [5, 5.41) is 4.03. The van der Waals surface area contributed by atoms with Crippen molar-refractivity contribution in [1.82, 2.24) is 14.8 Å². The van der Waals surface area contributed by atoms with Crippen LogP contribution in [0.4, 0.5) is 0 Å². The summed E-state index contributed by atoms with van der Waals surface area (Å²) in [5.74, 6) is 1.41. The summed E-state index contributed by atoms with van der Waals surface area (Å²) in [6.07, 6.45) is 7.74. The molecule has 2 heterocycles. The maximum Gasteiger partial charge on any atom is 0.165 e. The summed E-state index contributed by atoms with van der Waals surface area (Å²) < 4.78 is 7.32. The van der Waals surface area contributed by atoms with Crippen LogP contribution in [0.5, 0.6) is 11.5 Å². The van der Waals surface area contributed by atoms with Crippen molar-refractivity contribution in [2.75, 3.05) is 0 Å². The fraction of sp³-hybridized carbons (Fsp3) is 0.333. The minimum atomic E-state index is 0.116. The second kappa shape index (κ2) is 4.97. The molecule has 0 aliphatic heterocycles.